The summed E-state index contributed by atoms with van der Waals surface area (Å²) in [5.41, 5.74) is 0. The predicted octanol–water partition coefficient (Wildman–Crippen LogP) is 2.17. The lowest BCUT2D eigenvalue weighted by atomic mass is 10.2. The normalized spacial score (nSPS) is 17.5. The largest absolute Gasteiger partial charge is 0.479 e. The molecule has 1 aliphatic rings. The van der Waals surface area contributed by atoms with Crippen molar-refractivity contribution in [3.8, 4) is 5.75 Å². The van der Waals surface area contributed by atoms with Crippen LogP contribution in [-0.4, -0.2) is 66.5 Å². The Kier molecular flexibility index (Phi) is 7.72. The van der Waals surface area contributed by atoms with Crippen LogP contribution in [-0.2, 0) is 9.59 Å². The first-order valence-electron chi connectivity index (χ1n) is 9.12. The molecular weight excluding hydrogens is 354 g/mol. The van der Waals surface area contributed by atoms with Gasteiger partial charge in [0.25, 0.3) is 5.91 Å². The van der Waals surface area contributed by atoms with Gasteiger partial charge in [-0.2, -0.15) is 0 Å². The van der Waals surface area contributed by atoms with Gasteiger partial charge in [0.1, 0.15) is 5.75 Å². The number of hydrogen-bond donors (Lipinski definition) is 1. The first-order chi connectivity index (χ1) is 12.4. The van der Waals surface area contributed by atoms with Crippen molar-refractivity contribution in [1.29, 1.82) is 0 Å². The van der Waals surface area contributed by atoms with E-state index in [1.165, 1.54) is 0 Å². The van der Waals surface area contributed by atoms with Gasteiger partial charge in [-0.15, -0.1) is 0 Å². The monoisotopic (exact) mass is 381 g/mol. The standard InChI is InChI=1S/C19H28ClN3O3/c1-4-14(2)21-18(24)13-22-9-11-23(12-10-22)19(25)15(3)26-17-8-6-5-7-16(17)20/h5-8,14-15H,4,9-13H2,1-3H3,(H,21,24). The Bertz CT molecular complexity index is 618. The number of nitrogens with one attached hydrogen (secondary N) is 1. The summed E-state index contributed by atoms with van der Waals surface area (Å²) in [6, 6.07) is 7.31. The summed E-state index contributed by atoms with van der Waals surface area (Å²) in [7, 11) is 0. The molecule has 1 aromatic carbocycles. The van der Waals surface area contributed by atoms with E-state index in [4.69, 9.17) is 16.3 Å². The lowest BCUT2D eigenvalue weighted by Crippen LogP contribution is -2.53. The minimum atomic E-state index is -0.602. The number of halogens is 1. The summed E-state index contributed by atoms with van der Waals surface area (Å²) in [6.07, 6.45) is 0.312. The molecule has 0 spiro atoms. The molecule has 7 heteroatoms. The van der Waals surface area contributed by atoms with Crippen LogP contribution in [0.3, 0.4) is 0 Å². The van der Waals surface area contributed by atoms with Crippen LogP contribution < -0.4 is 10.1 Å². The zero-order valence-corrected chi connectivity index (χ0v) is 16.5. The highest BCUT2D eigenvalue weighted by atomic mass is 35.5. The van der Waals surface area contributed by atoms with Crippen molar-refractivity contribution in [3.63, 3.8) is 0 Å². The lowest BCUT2D eigenvalue weighted by Gasteiger charge is -2.35. The Morgan fingerprint density at radius 3 is 2.46 bits per heavy atom. The number of carbonyl (C=O) groups is 2. The second kappa shape index (κ2) is 9.78. The molecule has 1 N–H and O–H groups in total. The SMILES string of the molecule is CCC(C)NC(=O)CN1CCN(C(=O)C(C)Oc2ccccc2Cl)CC1. The van der Waals surface area contributed by atoms with E-state index in [0.29, 0.717) is 43.5 Å². The molecule has 2 atom stereocenters. The number of benzene rings is 1. The van der Waals surface area contributed by atoms with Gasteiger partial charge in [0.15, 0.2) is 6.10 Å². The van der Waals surface area contributed by atoms with Crippen LogP contribution in [0.5, 0.6) is 5.75 Å². The molecule has 0 aliphatic carbocycles. The predicted molar refractivity (Wildman–Crippen MR) is 102 cm³/mol. The molecule has 0 bridgehead atoms. The van der Waals surface area contributed by atoms with E-state index >= 15 is 0 Å². The number of para-hydroxylation sites is 1. The molecule has 1 fully saturated rings. The van der Waals surface area contributed by atoms with E-state index in [9.17, 15) is 9.59 Å². The average molecular weight is 382 g/mol. The number of rotatable bonds is 7. The molecule has 2 unspecified atom stereocenters. The van der Waals surface area contributed by atoms with Gasteiger partial charge >= 0.3 is 0 Å². The third-order valence-electron chi connectivity index (χ3n) is 4.56. The first-order valence-corrected chi connectivity index (χ1v) is 9.50. The maximum Gasteiger partial charge on any atom is 0.263 e. The molecule has 1 aliphatic heterocycles. The summed E-state index contributed by atoms with van der Waals surface area (Å²) < 4.78 is 5.71. The Labute approximate surface area is 160 Å². The lowest BCUT2D eigenvalue weighted by molar-refractivity contribution is -0.139. The van der Waals surface area contributed by atoms with Crippen molar-refractivity contribution >= 4 is 23.4 Å². The van der Waals surface area contributed by atoms with E-state index in [-0.39, 0.29) is 17.9 Å². The fourth-order valence-corrected chi connectivity index (χ4v) is 2.97. The number of carbonyl (C=O) groups excluding carboxylic acids is 2. The number of ether oxygens (including phenoxy) is 1. The van der Waals surface area contributed by atoms with Crippen molar-refractivity contribution in [2.75, 3.05) is 32.7 Å². The molecule has 1 saturated heterocycles. The zero-order chi connectivity index (χ0) is 19.1. The Morgan fingerprint density at radius 2 is 1.85 bits per heavy atom. The third kappa shape index (κ3) is 5.88. The van der Waals surface area contributed by atoms with E-state index < -0.39 is 6.10 Å². The van der Waals surface area contributed by atoms with Crippen molar-refractivity contribution in [3.05, 3.63) is 29.3 Å². The Morgan fingerprint density at radius 1 is 1.19 bits per heavy atom. The van der Waals surface area contributed by atoms with E-state index in [0.717, 1.165) is 6.42 Å². The highest BCUT2D eigenvalue weighted by Crippen LogP contribution is 2.24. The summed E-state index contributed by atoms with van der Waals surface area (Å²) in [5.74, 6) is 0.485. The zero-order valence-electron chi connectivity index (χ0n) is 15.7. The van der Waals surface area contributed by atoms with E-state index in [1.807, 2.05) is 26.0 Å². The maximum atomic E-state index is 12.6. The number of nitrogens with zero attached hydrogens (tertiary/aromatic N) is 2. The van der Waals surface area contributed by atoms with Crippen LogP contribution in [0.15, 0.2) is 24.3 Å². The molecule has 2 rings (SSSR count). The van der Waals surface area contributed by atoms with Crippen molar-refractivity contribution in [2.24, 2.45) is 0 Å². The van der Waals surface area contributed by atoms with Gasteiger partial charge in [-0.3, -0.25) is 14.5 Å². The van der Waals surface area contributed by atoms with Crippen LogP contribution in [0.1, 0.15) is 27.2 Å². The summed E-state index contributed by atoms with van der Waals surface area (Å²) in [5, 5.41) is 3.46. The minimum absolute atomic E-state index is 0.0366. The van der Waals surface area contributed by atoms with Gasteiger partial charge in [-0.05, 0) is 32.4 Å². The van der Waals surface area contributed by atoms with Gasteiger partial charge in [-0.25, -0.2) is 0 Å². The first kappa shape index (κ1) is 20.5. The molecule has 1 heterocycles. The number of piperazine rings is 1. The third-order valence-corrected chi connectivity index (χ3v) is 4.87. The highest BCUT2D eigenvalue weighted by molar-refractivity contribution is 6.32. The van der Waals surface area contributed by atoms with Crippen LogP contribution in [0.25, 0.3) is 0 Å². The summed E-state index contributed by atoms with van der Waals surface area (Å²) >= 11 is 6.08. The van der Waals surface area contributed by atoms with Crippen molar-refractivity contribution < 1.29 is 14.3 Å². The summed E-state index contributed by atoms with van der Waals surface area (Å²) in [4.78, 5) is 28.4. The van der Waals surface area contributed by atoms with Crippen molar-refractivity contribution in [1.82, 2.24) is 15.1 Å². The molecule has 2 amide bonds. The minimum Gasteiger partial charge on any atom is -0.479 e. The molecule has 26 heavy (non-hydrogen) atoms. The number of amides is 2. The fourth-order valence-electron chi connectivity index (χ4n) is 2.79. The maximum absolute atomic E-state index is 12.6. The average Bonchev–Trinajstić information content (AvgIpc) is 2.63. The molecule has 6 nitrogen and oxygen atoms in total. The molecule has 0 saturated carbocycles. The molecule has 144 valence electrons. The van der Waals surface area contributed by atoms with E-state index in [2.05, 4.69) is 10.2 Å². The van der Waals surface area contributed by atoms with Crippen LogP contribution in [0.2, 0.25) is 5.02 Å². The van der Waals surface area contributed by atoms with Crippen molar-refractivity contribution in [2.45, 2.75) is 39.3 Å². The van der Waals surface area contributed by atoms with Crippen LogP contribution >= 0.6 is 11.6 Å². The van der Waals surface area contributed by atoms with Gasteiger partial charge in [0.05, 0.1) is 11.6 Å². The highest BCUT2D eigenvalue weighted by Gasteiger charge is 2.27. The number of hydrogen-bond acceptors (Lipinski definition) is 4. The molecular formula is C19H28ClN3O3. The second-order valence-electron chi connectivity index (χ2n) is 6.67. The smallest absolute Gasteiger partial charge is 0.263 e. The van der Waals surface area contributed by atoms with Gasteiger partial charge in [-0.1, -0.05) is 30.7 Å². The Balaban J connectivity index is 1.79. The topological polar surface area (TPSA) is 61.9 Å². The van der Waals surface area contributed by atoms with Crippen LogP contribution in [0, 0.1) is 0 Å². The summed E-state index contributed by atoms with van der Waals surface area (Å²) in [6.45, 7) is 8.68. The fraction of sp³-hybridized carbons (Fsp3) is 0.579. The second-order valence-corrected chi connectivity index (χ2v) is 7.08. The van der Waals surface area contributed by atoms with Gasteiger partial charge < -0.3 is 15.0 Å². The van der Waals surface area contributed by atoms with Gasteiger partial charge in [0.2, 0.25) is 5.91 Å². The molecule has 0 radical (unpaired) electrons. The quantitative estimate of drug-likeness (QED) is 0.786. The van der Waals surface area contributed by atoms with E-state index in [1.54, 1.807) is 24.0 Å². The molecule has 1 aromatic rings. The Hall–Kier alpha value is -1.79. The molecule has 0 aromatic heterocycles. The van der Waals surface area contributed by atoms with Crippen LogP contribution in [0.4, 0.5) is 0 Å². The van der Waals surface area contributed by atoms with Gasteiger partial charge in [0, 0.05) is 32.2 Å².